The van der Waals surface area contributed by atoms with Gasteiger partial charge in [0.2, 0.25) is 5.88 Å². The fourth-order valence-electron chi connectivity index (χ4n) is 2.96. The van der Waals surface area contributed by atoms with Gasteiger partial charge in [0.05, 0.1) is 23.8 Å². The molecular formula is C20H16N6O. The number of nitrogens with zero attached hydrogens (tertiary/aromatic N) is 5. The van der Waals surface area contributed by atoms with Gasteiger partial charge in [-0.05, 0) is 24.3 Å². The van der Waals surface area contributed by atoms with E-state index in [1.165, 1.54) is 7.11 Å². The topological polar surface area (TPSA) is 88.7 Å². The van der Waals surface area contributed by atoms with Crippen molar-refractivity contribution in [1.29, 1.82) is 5.26 Å². The van der Waals surface area contributed by atoms with Crippen molar-refractivity contribution in [1.82, 2.24) is 19.5 Å². The molecule has 0 aliphatic heterocycles. The Bertz CT molecular complexity index is 1140. The van der Waals surface area contributed by atoms with Crippen molar-refractivity contribution in [2.45, 2.75) is 6.54 Å². The number of benzene rings is 1. The summed E-state index contributed by atoms with van der Waals surface area (Å²) in [6.07, 6.45) is 5.13. The largest absolute Gasteiger partial charge is 0.480 e. The Morgan fingerprint density at radius 1 is 1.07 bits per heavy atom. The molecule has 4 aromatic rings. The maximum atomic E-state index is 9.42. The van der Waals surface area contributed by atoms with Crippen molar-refractivity contribution < 1.29 is 4.74 Å². The zero-order valence-corrected chi connectivity index (χ0v) is 14.6. The molecule has 0 amide bonds. The molecule has 132 valence electrons. The fourth-order valence-corrected chi connectivity index (χ4v) is 2.96. The number of pyridine rings is 2. The molecule has 0 aliphatic carbocycles. The van der Waals surface area contributed by atoms with Crippen molar-refractivity contribution in [3.63, 3.8) is 0 Å². The van der Waals surface area contributed by atoms with Crippen LogP contribution in [0, 0.1) is 11.3 Å². The standard InChI is InChI=1S/C20H16N6O/c1-27-20-15(11-21)16(8-10-23-20)24-12-14-5-4-9-22-19(14)26-13-25-17-6-2-3-7-18(17)26/h2-10,13H,12H2,1H3,(H,23,24). The van der Waals surface area contributed by atoms with E-state index >= 15 is 0 Å². The highest BCUT2D eigenvalue weighted by atomic mass is 16.5. The van der Waals surface area contributed by atoms with E-state index < -0.39 is 0 Å². The normalized spacial score (nSPS) is 10.5. The number of nitriles is 1. The number of aromatic nitrogens is 4. The number of anilines is 1. The van der Waals surface area contributed by atoms with Gasteiger partial charge in [0.15, 0.2) is 0 Å². The Morgan fingerprint density at radius 2 is 1.96 bits per heavy atom. The molecule has 0 aliphatic rings. The molecule has 4 rings (SSSR count). The van der Waals surface area contributed by atoms with Gasteiger partial charge in [-0.3, -0.25) is 4.57 Å². The molecule has 0 bridgehead atoms. The summed E-state index contributed by atoms with van der Waals surface area (Å²) in [6.45, 7) is 0.484. The average Bonchev–Trinajstić information content (AvgIpc) is 3.16. The predicted octanol–water partition coefficient (Wildman–Crippen LogP) is 3.31. The van der Waals surface area contributed by atoms with Gasteiger partial charge >= 0.3 is 0 Å². The zero-order valence-electron chi connectivity index (χ0n) is 14.6. The Balaban J connectivity index is 1.69. The predicted molar refractivity (Wildman–Crippen MR) is 102 cm³/mol. The molecule has 0 radical (unpaired) electrons. The van der Waals surface area contributed by atoms with Crippen LogP contribution >= 0.6 is 0 Å². The molecule has 1 aromatic carbocycles. The van der Waals surface area contributed by atoms with Crippen LogP contribution in [-0.4, -0.2) is 26.6 Å². The lowest BCUT2D eigenvalue weighted by molar-refractivity contribution is 0.397. The minimum absolute atomic E-state index is 0.300. The van der Waals surface area contributed by atoms with Crippen molar-refractivity contribution in [3.8, 4) is 17.8 Å². The second-order valence-electron chi connectivity index (χ2n) is 5.80. The van der Waals surface area contributed by atoms with Gasteiger partial charge in [0, 0.05) is 24.5 Å². The molecule has 3 aromatic heterocycles. The summed E-state index contributed by atoms with van der Waals surface area (Å²) in [5.41, 5.74) is 3.90. The average molecular weight is 356 g/mol. The first-order chi connectivity index (χ1) is 13.3. The van der Waals surface area contributed by atoms with Crippen LogP contribution in [0.3, 0.4) is 0 Å². The summed E-state index contributed by atoms with van der Waals surface area (Å²) in [4.78, 5) is 13.0. The van der Waals surface area contributed by atoms with Crippen molar-refractivity contribution in [3.05, 3.63) is 72.3 Å². The maximum absolute atomic E-state index is 9.42. The van der Waals surface area contributed by atoms with Crippen molar-refractivity contribution >= 4 is 16.7 Å². The number of rotatable bonds is 5. The second-order valence-corrected chi connectivity index (χ2v) is 5.80. The summed E-state index contributed by atoms with van der Waals surface area (Å²) in [5.74, 6) is 1.09. The molecule has 0 fully saturated rings. The number of para-hydroxylation sites is 2. The molecule has 7 nitrogen and oxygen atoms in total. The third kappa shape index (κ3) is 3.04. The first kappa shape index (κ1) is 16.5. The van der Waals surface area contributed by atoms with Gasteiger partial charge in [-0.15, -0.1) is 0 Å². The first-order valence-corrected chi connectivity index (χ1v) is 8.35. The summed E-state index contributed by atoms with van der Waals surface area (Å²) < 4.78 is 7.12. The van der Waals surface area contributed by atoms with Gasteiger partial charge in [-0.2, -0.15) is 5.26 Å². The molecular weight excluding hydrogens is 340 g/mol. The molecule has 0 saturated heterocycles. The van der Waals surface area contributed by atoms with Gasteiger partial charge in [0.25, 0.3) is 0 Å². The molecule has 0 saturated carbocycles. The van der Waals surface area contributed by atoms with E-state index in [-0.39, 0.29) is 0 Å². The SMILES string of the molecule is COc1nccc(NCc2cccnc2-n2cnc3ccccc32)c1C#N. The zero-order chi connectivity index (χ0) is 18.6. The highest BCUT2D eigenvalue weighted by molar-refractivity contribution is 5.77. The smallest absolute Gasteiger partial charge is 0.233 e. The minimum Gasteiger partial charge on any atom is -0.480 e. The fraction of sp³-hybridized carbons (Fsp3) is 0.100. The number of methoxy groups -OCH3 is 1. The third-order valence-corrected chi connectivity index (χ3v) is 4.24. The molecule has 0 unspecified atom stereocenters. The van der Waals surface area contributed by atoms with Crippen LogP contribution < -0.4 is 10.1 Å². The molecule has 0 spiro atoms. The quantitative estimate of drug-likeness (QED) is 0.590. The molecule has 27 heavy (non-hydrogen) atoms. The Hall–Kier alpha value is -3.92. The number of hydrogen-bond acceptors (Lipinski definition) is 6. The van der Waals surface area contributed by atoms with E-state index in [1.54, 1.807) is 24.8 Å². The number of fused-ring (bicyclic) bond motifs is 1. The van der Waals surface area contributed by atoms with E-state index in [4.69, 9.17) is 4.74 Å². The van der Waals surface area contributed by atoms with Crippen LogP contribution in [0.25, 0.3) is 16.9 Å². The number of ether oxygens (including phenoxy) is 1. The van der Waals surface area contributed by atoms with Crippen LogP contribution in [0.2, 0.25) is 0 Å². The van der Waals surface area contributed by atoms with E-state index in [9.17, 15) is 5.26 Å². The van der Waals surface area contributed by atoms with E-state index in [2.05, 4.69) is 26.3 Å². The summed E-state index contributed by atoms with van der Waals surface area (Å²) in [6, 6.07) is 15.7. The van der Waals surface area contributed by atoms with Crippen LogP contribution in [-0.2, 0) is 6.54 Å². The third-order valence-electron chi connectivity index (χ3n) is 4.24. The number of imidazole rings is 1. The van der Waals surface area contributed by atoms with E-state index in [1.807, 2.05) is 41.0 Å². The van der Waals surface area contributed by atoms with Gasteiger partial charge in [-0.25, -0.2) is 15.0 Å². The lowest BCUT2D eigenvalue weighted by atomic mass is 10.2. The highest BCUT2D eigenvalue weighted by Crippen LogP contribution is 2.24. The van der Waals surface area contributed by atoms with Crippen LogP contribution in [0.15, 0.2) is 61.2 Å². The van der Waals surface area contributed by atoms with Crippen LogP contribution in [0.4, 0.5) is 5.69 Å². The van der Waals surface area contributed by atoms with E-state index in [0.29, 0.717) is 23.7 Å². The lowest BCUT2D eigenvalue weighted by Crippen LogP contribution is -2.08. The molecule has 7 heteroatoms. The van der Waals surface area contributed by atoms with Gasteiger partial charge in [-0.1, -0.05) is 18.2 Å². The van der Waals surface area contributed by atoms with Crippen molar-refractivity contribution in [2.24, 2.45) is 0 Å². The molecule has 0 atom stereocenters. The van der Waals surface area contributed by atoms with Gasteiger partial charge in [0.1, 0.15) is 23.8 Å². The Morgan fingerprint density at radius 3 is 2.81 bits per heavy atom. The van der Waals surface area contributed by atoms with E-state index in [0.717, 1.165) is 22.4 Å². The van der Waals surface area contributed by atoms with Crippen LogP contribution in [0.1, 0.15) is 11.1 Å². The first-order valence-electron chi connectivity index (χ1n) is 8.35. The van der Waals surface area contributed by atoms with Crippen LogP contribution in [0.5, 0.6) is 5.88 Å². The number of hydrogen-bond donors (Lipinski definition) is 1. The lowest BCUT2D eigenvalue weighted by Gasteiger charge is -2.13. The molecule has 3 heterocycles. The monoisotopic (exact) mass is 356 g/mol. The summed E-state index contributed by atoms with van der Waals surface area (Å²) in [5, 5.41) is 12.7. The maximum Gasteiger partial charge on any atom is 0.233 e. The molecule has 1 N–H and O–H groups in total. The Labute approximate surface area is 155 Å². The minimum atomic E-state index is 0.300. The van der Waals surface area contributed by atoms with Crippen molar-refractivity contribution in [2.75, 3.05) is 12.4 Å². The Kier molecular flexibility index (Phi) is 4.37. The summed E-state index contributed by atoms with van der Waals surface area (Å²) in [7, 11) is 1.50. The van der Waals surface area contributed by atoms with Gasteiger partial charge < -0.3 is 10.1 Å². The summed E-state index contributed by atoms with van der Waals surface area (Å²) >= 11 is 0. The number of nitrogens with one attached hydrogen (secondary N) is 1. The highest BCUT2D eigenvalue weighted by Gasteiger charge is 2.12. The second kappa shape index (κ2) is 7.14.